The molecule has 10 heteroatoms. The average Bonchev–Trinajstić information content (AvgIpc) is 3.07. The fraction of sp³-hybridized carbons (Fsp3) is 0.353. The summed E-state index contributed by atoms with van der Waals surface area (Å²) in [5.74, 6) is -0.343. The first-order valence-corrected chi connectivity index (χ1v) is 8.45. The van der Waals surface area contributed by atoms with Crippen LogP contribution in [0.3, 0.4) is 0 Å². The zero-order valence-electron chi connectivity index (χ0n) is 13.9. The Hall–Kier alpha value is -2.26. The molecule has 2 atom stereocenters. The molecule has 3 heterocycles. The Morgan fingerprint density at radius 3 is 2.67 bits per heavy atom. The molecule has 144 valence electrons. The predicted octanol–water partition coefficient (Wildman–Crippen LogP) is 3.13. The first-order chi connectivity index (χ1) is 12.7. The van der Waals surface area contributed by atoms with Gasteiger partial charge in [-0.3, -0.25) is 14.8 Å². The highest BCUT2D eigenvalue weighted by atomic mass is 35.5. The molecule has 0 spiro atoms. The number of amides is 1. The van der Waals surface area contributed by atoms with Crippen molar-refractivity contribution in [3.8, 4) is 11.1 Å². The van der Waals surface area contributed by atoms with Gasteiger partial charge >= 0.3 is 6.18 Å². The van der Waals surface area contributed by atoms with Gasteiger partial charge in [0.1, 0.15) is 11.9 Å². The van der Waals surface area contributed by atoms with Crippen LogP contribution < -0.4 is 10.6 Å². The maximum atomic E-state index is 13.1. The topological polar surface area (TPSA) is 66.9 Å². The largest absolute Gasteiger partial charge is 0.433 e. The standard InChI is InChI=1S/C17H15ClF4N4O/c18-13-8-23-11(7-26-16(27)14-3-10(19)6-24-14)4-12(13)9-1-2-15(25-5-9)17(20,21)22/h1-2,4-5,8,10,14,24H,3,6-7H2,(H,26,27). The molecule has 0 saturated carbocycles. The molecule has 3 rings (SSSR count). The summed E-state index contributed by atoms with van der Waals surface area (Å²) in [6.45, 7) is 0.217. The number of carbonyl (C=O) groups excluding carboxylic acids is 1. The van der Waals surface area contributed by atoms with Crippen LogP contribution in [0.2, 0.25) is 5.02 Å². The first kappa shape index (κ1) is 19.5. The van der Waals surface area contributed by atoms with Crippen molar-refractivity contribution < 1.29 is 22.4 Å². The maximum Gasteiger partial charge on any atom is 0.433 e. The van der Waals surface area contributed by atoms with E-state index in [1.165, 1.54) is 12.3 Å². The number of rotatable bonds is 4. The van der Waals surface area contributed by atoms with Crippen molar-refractivity contribution in [3.05, 3.63) is 47.0 Å². The molecule has 1 aliphatic heterocycles. The van der Waals surface area contributed by atoms with Gasteiger partial charge in [-0.1, -0.05) is 17.7 Å². The predicted molar refractivity (Wildman–Crippen MR) is 90.6 cm³/mol. The summed E-state index contributed by atoms with van der Waals surface area (Å²) in [7, 11) is 0. The maximum absolute atomic E-state index is 13.1. The Morgan fingerprint density at radius 2 is 2.07 bits per heavy atom. The Bertz CT molecular complexity index is 829. The van der Waals surface area contributed by atoms with Crippen LogP contribution in [0.5, 0.6) is 0 Å². The second-order valence-corrected chi connectivity index (χ2v) is 6.50. The van der Waals surface area contributed by atoms with Gasteiger partial charge in [0, 0.05) is 36.5 Å². The number of nitrogens with zero attached hydrogens (tertiary/aromatic N) is 2. The van der Waals surface area contributed by atoms with Crippen molar-refractivity contribution in [2.75, 3.05) is 6.54 Å². The molecule has 1 saturated heterocycles. The molecule has 0 bridgehead atoms. The van der Waals surface area contributed by atoms with Crippen LogP contribution in [0.25, 0.3) is 11.1 Å². The van der Waals surface area contributed by atoms with Gasteiger partial charge in [-0.25, -0.2) is 4.39 Å². The molecule has 1 fully saturated rings. The minimum atomic E-state index is -4.52. The van der Waals surface area contributed by atoms with Gasteiger partial charge in [-0.2, -0.15) is 13.2 Å². The van der Waals surface area contributed by atoms with E-state index in [0.717, 1.165) is 12.3 Å². The van der Waals surface area contributed by atoms with Gasteiger partial charge in [0.2, 0.25) is 5.91 Å². The third kappa shape index (κ3) is 4.72. The summed E-state index contributed by atoms with van der Waals surface area (Å²) in [6, 6.07) is 3.11. The lowest BCUT2D eigenvalue weighted by molar-refractivity contribution is -0.141. The van der Waals surface area contributed by atoms with Crippen LogP contribution in [0.4, 0.5) is 17.6 Å². The number of aromatic nitrogens is 2. The third-order valence-corrected chi connectivity index (χ3v) is 4.42. The monoisotopic (exact) mass is 402 g/mol. The van der Waals surface area contributed by atoms with E-state index in [9.17, 15) is 22.4 Å². The number of hydrogen-bond donors (Lipinski definition) is 2. The van der Waals surface area contributed by atoms with E-state index in [4.69, 9.17) is 11.6 Å². The van der Waals surface area contributed by atoms with E-state index in [0.29, 0.717) is 16.8 Å². The fourth-order valence-electron chi connectivity index (χ4n) is 2.71. The van der Waals surface area contributed by atoms with Gasteiger partial charge in [0.15, 0.2) is 0 Å². The van der Waals surface area contributed by atoms with Crippen molar-refractivity contribution in [1.82, 2.24) is 20.6 Å². The normalized spacial score (nSPS) is 19.9. The van der Waals surface area contributed by atoms with E-state index >= 15 is 0 Å². The number of alkyl halides is 4. The molecule has 5 nitrogen and oxygen atoms in total. The minimum Gasteiger partial charge on any atom is -0.349 e. The van der Waals surface area contributed by atoms with Gasteiger partial charge in [0.05, 0.1) is 23.3 Å². The Morgan fingerprint density at radius 1 is 1.30 bits per heavy atom. The lowest BCUT2D eigenvalue weighted by Gasteiger charge is -2.12. The number of carbonyl (C=O) groups is 1. The Balaban J connectivity index is 1.71. The molecule has 1 aliphatic rings. The molecular weight excluding hydrogens is 388 g/mol. The molecular formula is C17H15ClF4N4O. The molecule has 0 radical (unpaired) electrons. The Labute approximate surface area is 157 Å². The highest BCUT2D eigenvalue weighted by molar-refractivity contribution is 6.33. The van der Waals surface area contributed by atoms with Crippen LogP contribution in [0.1, 0.15) is 17.8 Å². The summed E-state index contributed by atoms with van der Waals surface area (Å²) < 4.78 is 51.0. The van der Waals surface area contributed by atoms with E-state index in [-0.39, 0.29) is 30.4 Å². The van der Waals surface area contributed by atoms with Crippen molar-refractivity contribution in [2.24, 2.45) is 0 Å². The molecule has 0 aromatic carbocycles. The molecule has 2 unspecified atom stereocenters. The fourth-order valence-corrected chi connectivity index (χ4v) is 2.93. The molecule has 27 heavy (non-hydrogen) atoms. The quantitative estimate of drug-likeness (QED) is 0.771. The van der Waals surface area contributed by atoms with Crippen LogP contribution in [0, 0.1) is 0 Å². The van der Waals surface area contributed by atoms with Crippen LogP contribution in [-0.4, -0.2) is 34.6 Å². The third-order valence-electron chi connectivity index (χ3n) is 4.11. The second-order valence-electron chi connectivity index (χ2n) is 6.10. The van der Waals surface area contributed by atoms with Gasteiger partial charge in [-0.05, 0) is 12.1 Å². The highest BCUT2D eigenvalue weighted by Crippen LogP contribution is 2.31. The van der Waals surface area contributed by atoms with Crippen LogP contribution in [-0.2, 0) is 17.5 Å². The van der Waals surface area contributed by atoms with Crippen molar-refractivity contribution in [2.45, 2.75) is 31.4 Å². The highest BCUT2D eigenvalue weighted by Gasteiger charge is 2.32. The molecule has 1 amide bonds. The molecule has 2 aromatic heterocycles. The van der Waals surface area contributed by atoms with E-state index in [1.54, 1.807) is 6.07 Å². The van der Waals surface area contributed by atoms with Crippen molar-refractivity contribution in [3.63, 3.8) is 0 Å². The number of pyridine rings is 2. The van der Waals surface area contributed by atoms with E-state index in [2.05, 4.69) is 20.6 Å². The Kier molecular flexibility index (Phi) is 5.61. The van der Waals surface area contributed by atoms with Crippen LogP contribution in [0.15, 0.2) is 30.6 Å². The van der Waals surface area contributed by atoms with Gasteiger partial charge < -0.3 is 10.6 Å². The summed E-state index contributed by atoms with van der Waals surface area (Å²) >= 11 is 6.09. The van der Waals surface area contributed by atoms with Crippen molar-refractivity contribution in [1.29, 1.82) is 0 Å². The zero-order valence-corrected chi connectivity index (χ0v) is 14.6. The summed E-state index contributed by atoms with van der Waals surface area (Å²) in [5.41, 5.74) is 0.289. The summed E-state index contributed by atoms with van der Waals surface area (Å²) in [6.07, 6.45) is -3.03. The zero-order chi connectivity index (χ0) is 19.6. The first-order valence-electron chi connectivity index (χ1n) is 8.07. The van der Waals surface area contributed by atoms with Gasteiger partial charge in [-0.15, -0.1) is 0 Å². The number of halogens is 5. The SMILES string of the molecule is O=C(NCc1cc(-c2ccc(C(F)(F)F)nc2)c(Cl)cn1)C1CC(F)CN1. The smallest absolute Gasteiger partial charge is 0.349 e. The number of nitrogens with one attached hydrogen (secondary N) is 2. The van der Waals surface area contributed by atoms with E-state index < -0.39 is 24.1 Å². The van der Waals surface area contributed by atoms with Crippen molar-refractivity contribution >= 4 is 17.5 Å². The van der Waals surface area contributed by atoms with Crippen LogP contribution >= 0.6 is 11.6 Å². The average molecular weight is 403 g/mol. The molecule has 0 aliphatic carbocycles. The summed E-state index contributed by atoms with van der Waals surface area (Å²) in [5, 5.41) is 5.67. The second kappa shape index (κ2) is 7.77. The van der Waals surface area contributed by atoms with E-state index in [1.807, 2.05) is 0 Å². The lowest BCUT2D eigenvalue weighted by Crippen LogP contribution is -2.40. The molecule has 2 N–H and O–H groups in total. The lowest BCUT2D eigenvalue weighted by atomic mass is 10.1. The molecule has 2 aromatic rings. The number of hydrogen-bond acceptors (Lipinski definition) is 4. The van der Waals surface area contributed by atoms with Gasteiger partial charge in [0.25, 0.3) is 0 Å². The summed E-state index contributed by atoms with van der Waals surface area (Å²) in [4.78, 5) is 19.5. The minimum absolute atomic E-state index is 0.0756.